The molecule has 4 aromatic carbocycles. The summed E-state index contributed by atoms with van der Waals surface area (Å²) in [4.78, 5) is 0. The lowest BCUT2D eigenvalue weighted by Gasteiger charge is -2.30. The molecule has 0 aromatic heterocycles. The van der Waals surface area contributed by atoms with Crippen molar-refractivity contribution in [1.82, 2.24) is 0 Å². The van der Waals surface area contributed by atoms with Gasteiger partial charge in [-0.2, -0.15) is 13.2 Å². The Balaban J connectivity index is 2.34. The standard InChI is InChI=1S/C41H49F3/c1-37(2,3)27-21-26(22-28(23-27)38(4,5)6)36-32(30-17-13-15-19-34(30)39(7,8)9)24-29(41(42,43)44)25-33(36)31-18-14-16-20-35(31)40(10,11)12/h13-25H,1-12H3. The molecule has 3 heteroatoms. The second-order valence-corrected chi connectivity index (χ2v) is 16.3. The molecule has 0 heterocycles. The van der Waals surface area contributed by atoms with Crippen LogP contribution in [0.5, 0.6) is 0 Å². The van der Waals surface area contributed by atoms with Gasteiger partial charge in [0.1, 0.15) is 0 Å². The molecule has 0 bridgehead atoms. The van der Waals surface area contributed by atoms with Gasteiger partial charge in [-0.25, -0.2) is 0 Å². The normalized spacial score (nSPS) is 13.3. The van der Waals surface area contributed by atoms with Crippen LogP contribution in [0.3, 0.4) is 0 Å². The van der Waals surface area contributed by atoms with Crippen molar-refractivity contribution < 1.29 is 13.2 Å². The molecule has 0 unspecified atom stereocenters. The lowest BCUT2D eigenvalue weighted by molar-refractivity contribution is -0.137. The molecule has 0 aliphatic carbocycles. The fourth-order valence-corrected chi connectivity index (χ4v) is 5.92. The SMILES string of the molecule is CC(C)(C)c1cc(-c2c(-c3ccccc3C(C)(C)C)cc(C(F)(F)F)cc2-c2ccccc2C(C)(C)C)cc(C(C)(C)C)c1. The zero-order chi connectivity index (χ0) is 33.0. The van der Waals surface area contributed by atoms with Crippen molar-refractivity contribution in [3.63, 3.8) is 0 Å². The Hall–Kier alpha value is -3.33. The molecule has 234 valence electrons. The summed E-state index contributed by atoms with van der Waals surface area (Å²) < 4.78 is 44.5. The Morgan fingerprint density at radius 3 is 1.07 bits per heavy atom. The van der Waals surface area contributed by atoms with E-state index in [1.54, 1.807) is 0 Å². The van der Waals surface area contributed by atoms with E-state index in [0.717, 1.165) is 44.5 Å². The van der Waals surface area contributed by atoms with E-state index < -0.39 is 11.7 Å². The van der Waals surface area contributed by atoms with Gasteiger partial charge in [0.25, 0.3) is 0 Å². The zero-order valence-electron chi connectivity index (χ0n) is 28.6. The summed E-state index contributed by atoms with van der Waals surface area (Å²) >= 11 is 0. The van der Waals surface area contributed by atoms with Crippen LogP contribution in [-0.4, -0.2) is 0 Å². The third kappa shape index (κ3) is 6.98. The topological polar surface area (TPSA) is 0 Å². The van der Waals surface area contributed by atoms with Crippen molar-refractivity contribution in [3.05, 3.63) is 107 Å². The summed E-state index contributed by atoms with van der Waals surface area (Å²) in [6, 6.07) is 25.3. The van der Waals surface area contributed by atoms with E-state index in [1.807, 2.05) is 48.5 Å². The summed E-state index contributed by atoms with van der Waals surface area (Å²) in [6.07, 6.45) is -4.51. The van der Waals surface area contributed by atoms with Crippen molar-refractivity contribution in [3.8, 4) is 33.4 Å². The number of halogens is 3. The highest BCUT2D eigenvalue weighted by Gasteiger charge is 2.35. The van der Waals surface area contributed by atoms with Crippen LogP contribution in [0.15, 0.2) is 78.9 Å². The molecule has 0 radical (unpaired) electrons. The van der Waals surface area contributed by atoms with E-state index in [0.29, 0.717) is 11.1 Å². The lowest BCUT2D eigenvalue weighted by Crippen LogP contribution is -2.17. The van der Waals surface area contributed by atoms with Crippen LogP contribution in [0, 0.1) is 0 Å². The monoisotopic (exact) mass is 598 g/mol. The second-order valence-electron chi connectivity index (χ2n) is 16.3. The maximum Gasteiger partial charge on any atom is 0.416 e. The predicted octanol–water partition coefficient (Wildman–Crippen LogP) is 12.9. The fourth-order valence-electron chi connectivity index (χ4n) is 5.92. The van der Waals surface area contributed by atoms with Gasteiger partial charge in [0.2, 0.25) is 0 Å². The Kier molecular flexibility index (Phi) is 8.57. The third-order valence-corrected chi connectivity index (χ3v) is 8.47. The molecule has 0 amide bonds. The zero-order valence-corrected chi connectivity index (χ0v) is 28.6. The maximum atomic E-state index is 14.8. The highest BCUT2D eigenvalue weighted by Crippen LogP contribution is 2.49. The first-order valence-electron chi connectivity index (χ1n) is 15.6. The molecule has 0 nitrogen and oxygen atoms in total. The molecule has 0 saturated carbocycles. The van der Waals surface area contributed by atoms with E-state index in [4.69, 9.17) is 0 Å². The first kappa shape index (κ1) is 33.6. The van der Waals surface area contributed by atoms with E-state index in [2.05, 4.69) is 101 Å². The van der Waals surface area contributed by atoms with Crippen LogP contribution < -0.4 is 0 Å². The number of hydrogen-bond acceptors (Lipinski definition) is 0. The van der Waals surface area contributed by atoms with Gasteiger partial charge in [-0.1, -0.05) is 150 Å². The molecular formula is C41H49F3. The predicted molar refractivity (Wildman–Crippen MR) is 183 cm³/mol. The van der Waals surface area contributed by atoms with Crippen LogP contribution >= 0.6 is 0 Å². The Morgan fingerprint density at radius 1 is 0.386 bits per heavy atom. The van der Waals surface area contributed by atoms with Crippen molar-refractivity contribution in [1.29, 1.82) is 0 Å². The van der Waals surface area contributed by atoms with Gasteiger partial charge >= 0.3 is 6.18 Å². The van der Waals surface area contributed by atoms with Gasteiger partial charge in [-0.15, -0.1) is 0 Å². The molecule has 4 rings (SSSR count). The summed E-state index contributed by atoms with van der Waals surface area (Å²) in [5, 5.41) is 0. The van der Waals surface area contributed by atoms with Crippen molar-refractivity contribution in [2.24, 2.45) is 0 Å². The Bertz CT molecular complexity index is 1550. The number of benzene rings is 4. The summed E-state index contributed by atoms with van der Waals surface area (Å²) in [7, 11) is 0. The average Bonchev–Trinajstić information content (AvgIpc) is 2.89. The summed E-state index contributed by atoms with van der Waals surface area (Å²) in [6.45, 7) is 25.9. The second kappa shape index (κ2) is 11.2. The number of alkyl halides is 3. The summed E-state index contributed by atoms with van der Waals surface area (Å²) in [5.74, 6) is 0. The van der Waals surface area contributed by atoms with E-state index in [-0.39, 0.29) is 21.7 Å². The minimum Gasteiger partial charge on any atom is -0.166 e. The molecule has 4 aromatic rings. The van der Waals surface area contributed by atoms with Crippen LogP contribution in [0.4, 0.5) is 13.2 Å². The molecule has 44 heavy (non-hydrogen) atoms. The smallest absolute Gasteiger partial charge is 0.166 e. The quantitative estimate of drug-likeness (QED) is 0.220. The van der Waals surface area contributed by atoms with Crippen molar-refractivity contribution in [2.45, 2.75) is 111 Å². The van der Waals surface area contributed by atoms with Crippen LogP contribution in [-0.2, 0) is 27.8 Å². The minimum absolute atomic E-state index is 0.158. The van der Waals surface area contributed by atoms with Crippen LogP contribution in [0.1, 0.15) is 111 Å². The number of hydrogen-bond donors (Lipinski definition) is 0. The number of rotatable bonds is 3. The average molecular weight is 599 g/mol. The highest BCUT2D eigenvalue weighted by atomic mass is 19.4. The van der Waals surface area contributed by atoms with E-state index >= 15 is 0 Å². The molecule has 0 aliphatic heterocycles. The molecule has 0 saturated heterocycles. The fraction of sp³-hybridized carbons (Fsp3) is 0.415. The van der Waals surface area contributed by atoms with Crippen molar-refractivity contribution >= 4 is 0 Å². The van der Waals surface area contributed by atoms with Crippen molar-refractivity contribution in [2.75, 3.05) is 0 Å². The molecule has 0 atom stereocenters. The molecule has 0 fully saturated rings. The molecular weight excluding hydrogens is 549 g/mol. The molecule has 0 aliphatic rings. The van der Waals surface area contributed by atoms with Gasteiger partial charge in [0, 0.05) is 0 Å². The Labute approximate surface area is 263 Å². The van der Waals surface area contributed by atoms with Gasteiger partial charge in [0.15, 0.2) is 0 Å². The Morgan fingerprint density at radius 2 is 0.750 bits per heavy atom. The summed E-state index contributed by atoms with van der Waals surface area (Å²) in [5.41, 5.74) is 7.47. The van der Waals surface area contributed by atoms with E-state index in [9.17, 15) is 13.2 Å². The first-order chi connectivity index (χ1) is 20.0. The molecule has 0 spiro atoms. The lowest BCUT2D eigenvalue weighted by atomic mass is 9.74. The largest absolute Gasteiger partial charge is 0.416 e. The van der Waals surface area contributed by atoms with Gasteiger partial charge in [-0.05, 0) is 89.4 Å². The first-order valence-corrected chi connectivity index (χ1v) is 15.6. The third-order valence-electron chi connectivity index (χ3n) is 8.47. The van der Waals surface area contributed by atoms with Gasteiger partial charge in [-0.3, -0.25) is 0 Å². The van der Waals surface area contributed by atoms with Gasteiger partial charge < -0.3 is 0 Å². The van der Waals surface area contributed by atoms with E-state index in [1.165, 1.54) is 12.1 Å². The van der Waals surface area contributed by atoms with Crippen LogP contribution in [0.2, 0.25) is 0 Å². The minimum atomic E-state index is -4.51. The highest BCUT2D eigenvalue weighted by molar-refractivity contribution is 5.97. The maximum absolute atomic E-state index is 14.8. The van der Waals surface area contributed by atoms with Gasteiger partial charge in [0.05, 0.1) is 5.56 Å². The molecule has 0 N–H and O–H groups in total. The van der Waals surface area contributed by atoms with Crippen LogP contribution in [0.25, 0.3) is 33.4 Å².